The topological polar surface area (TPSA) is 75.3 Å². The Hall–Kier alpha value is -1.66. The SMILES string of the molecule is C=CCNS(=O)(=O)c1cccc(C(=O)NC23CC4CC(CC(C4)C2)C3)c1. The van der Waals surface area contributed by atoms with Gasteiger partial charge in [0.05, 0.1) is 4.90 Å². The van der Waals surface area contributed by atoms with Gasteiger partial charge in [0.25, 0.3) is 5.91 Å². The van der Waals surface area contributed by atoms with Gasteiger partial charge < -0.3 is 5.32 Å². The summed E-state index contributed by atoms with van der Waals surface area (Å²) in [6.07, 6.45) is 8.66. The Labute approximate surface area is 155 Å². The maximum atomic E-state index is 12.9. The van der Waals surface area contributed by atoms with E-state index in [9.17, 15) is 13.2 Å². The van der Waals surface area contributed by atoms with Crippen molar-refractivity contribution in [3.8, 4) is 0 Å². The smallest absolute Gasteiger partial charge is 0.251 e. The third-order valence-electron chi connectivity index (χ3n) is 6.24. The van der Waals surface area contributed by atoms with Crippen LogP contribution in [0.25, 0.3) is 0 Å². The molecular formula is C20H26N2O3S. The van der Waals surface area contributed by atoms with Gasteiger partial charge in [-0.3, -0.25) is 4.79 Å². The van der Waals surface area contributed by atoms with Gasteiger partial charge in [-0.15, -0.1) is 6.58 Å². The second-order valence-corrected chi connectivity index (χ2v) is 10.1. The first-order valence-corrected chi connectivity index (χ1v) is 10.9. The highest BCUT2D eigenvalue weighted by Crippen LogP contribution is 2.55. The summed E-state index contributed by atoms with van der Waals surface area (Å²) in [5.41, 5.74) is 0.323. The molecule has 4 fully saturated rings. The summed E-state index contributed by atoms with van der Waals surface area (Å²) < 4.78 is 27.0. The number of rotatable bonds is 6. The first-order valence-electron chi connectivity index (χ1n) is 9.42. The molecule has 6 heteroatoms. The van der Waals surface area contributed by atoms with Gasteiger partial charge in [-0.25, -0.2) is 13.1 Å². The molecule has 0 unspecified atom stereocenters. The molecule has 0 aliphatic heterocycles. The van der Waals surface area contributed by atoms with Crippen LogP contribution in [0.1, 0.15) is 48.9 Å². The van der Waals surface area contributed by atoms with Crippen molar-refractivity contribution >= 4 is 15.9 Å². The number of carbonyl (C=O) groups is 1. The van der Waals surface area contributed by atoms with Crippen LogP contribution in [0.4, 0.5) is 0 Å². The number of benzene rings is 1. The zero-order valence-corrected chi connectivity index (χ0v) is 15.7. The average molecular weight is 375 g/mol. The van der Waals surface area contributed by atoms with Crippen molar-refractivity contribution in [1.29, 1.82) is 0 Å². The van der Waals surface area contributed by atoms with E-state index in [1.165, 1.54) is 37.5 Å². The molecule has 0 aromatic heterocycles. The highest BCUT2D eigenvalue weighted by Gasteiger charge is 2.51. The van der Waals surface area contributed by atoms with Crippen LogP contribution >= 0.6 is 0 Å². The summed E-state index contributed by atoms with van der Waals surface area (Å²) >= 11 is 0. The van der Waals surface area contributed by atoms with Gasteiger partial charge in [-0.1, -0.05) is 12.1 Å². The van der Waals surface area contributed by atoms with Gasteiger partial charge in [-0.2, -0.15) is 0 Å². The van der Waals surface area contributed by atoms with Crippen LogP contribution in [0.15, 0.2) is 41.8 Å². The molecule has 4 aliphatic carbocycles. The van der Waals surface area contributed by atoms with E-state index in [1.54, 1.807) is 12.1 Å². The van der Waals surface area contributed by atoms with Crippen molar-refractivity contribution in [2.75, 3.05) is 6.54 Å². The van der Waals surface area contributed by atoms with E-state index in [4.69, 9.17) is 0 Å². The minimum absolute atomic E-state index is 0.0815. The predicted molar refractivity (Wildman–Crippen MR) is 100 cm³/mol. The molecule has 2 N–H and O–H groups in total. The number of nitrogens with one attached hydrogen (secondary N) is 2. The third-order valence-corrected chi connectivity index (χ3v) is 7.66. The molecule has 0 radical (unpaired) electrons. The Kier molecular flexibility index (Phi) is 4.43. The lowest BCUT2D eigenvalue weighted by Gasteiger charge is -2.56. The largest absolute Gasteiger partial charge is 0.347 e. The molecule has 0 heterocycles. The van der Waals surface area contributed by atoms with E-state index < -0.39 is 10.0 Å². The summed E-state index contributed by atoms with van der Waals surface area (Å²) in [4.78, 5) is 13.0. The van der Waals surface area contributed by atoms with Crippen LogP contribution < -0.4 is 10.0 Å². The van der Waals surface area contributed by atoms with Crippen molar-refractivity contribution in [3.63, 3.8) is 0 Å². The minimum Gasteiger partial charge on any atom is -0.347 e. The normalized spacial score (nSPS) is 32.4. The lowest BCUT2D eigenvalue weighted by molar-refractivity contribution is -0.0167. The molecule has 5 nitrogen and oxygen atoms in total. The number of amides is 1. The molecule has 26 heavy (non-hydrogen) atoms. The monoisotopic (exact) mass is 374 g/mol. The Morgan fingerprint density at radius 3 is 2.35 bits per heavy atom. The van der Waals surface area contributed by atoms with Crippen LogP contribution in [0.3, 0.4) is 0 Å². The van der Waals surface area contributed by atoms with Crippen molar-refractivity contribution in [2.24, 2.45) is 17.8 Å². The average Bonchev–Trinajstić information content (AvgIpc) is 2.58. The predicted octanol–water partition coefficient (Wildman–Crippen LogP) is 2.85. The molecule has 0 atom stereocenters. The van der Waals surface area contributed by atoms with Crippen molar-refractivity contribution in [3.05, 3.63) is 42.5 Å². The van der Waals surface area contributed by atoms with Crippen LogP contribution in [-0.2, 0) is 10.0 Å². The third kappa shape index (κ3) is 3.32. The van der Waals surface area contributed by atoms with Crippen LogP contribution in [0.2, 0.25) is 0 Å². The van der Waals surface area contributed by atoms with Gasteiger partial charge in [0, 0.05) is 17.6 Å². The summed E-state index contributed by atoms with van der Waals surface area (Å²) in [6.45, 7) is 3.67. The molecule has 0 saturated heterocycles. The van der Waals surface area contributed by atoms with Gasteiger partial charge in [0.2, 0.25) is 10.0 Å². The van der Waals surface area contributed by atoms with Crippen LogP contribution in [0.5, 0.6) is 0 Å². The summed E-state index contributed by atoms with van der Waals surface area (Å²) in [7, 11) is -3.63. The summed E-state index contributed by atoms with van der Waals surface area (Å²) in [5.74, 6) is 2.08. The minimum atomic E-state index is -3.63. The number of hydrogen-bond acceptors (Lipinski definition) is 3. The molecule has 5 rings (SSSR count). The molecule has 1 amide bonds. The quantitative estimate of drug-likeness (QED) is 0.752. The number of sulfonamides is 1. The lowest BCUT2D eigenvalue weighted by atomic mass is 9.53. The molecular weight excluding hydrogens is 348 g/mol. The van der Waals surface area contributed by atoms with Gasteiger partial charge in [0.15, 0.2) is 0 Å². The molecule has 140 valence electrons. The Bertz CT molecular complexity index is 796. The fourth-order valence-electron chi connectivity index (χ4n) is 5.63. The highest BCUT2D eigenvalue weighted by molar-refractivity contribution is 7.89. The molecule has 1 aromatic rings. The van der Waals surface area contributed by atoms with Crippen molar-refractivity contribution < 1.29 is 13.2 Å². The highest BCUT2D eigenvalue weighted by atomic mass is 32.2. The second-order valence-electron chi connectivity index (χ2n) is 8.32. The lowest BCUT2D eigenvalue weighted by Crippen LogP contribution is -2.59. The first kappa shape index (κ1) is 17.7. The molecule has 1 aromatic carbocycles. The van der Waals surface area contributed by atoms with Crippen molar-refractivity contribution in [1.82, 2.24) is 10.0 Å². The Balaban J connectivity index is 1.52. The van der Waals surface area contributed by atoms with Crippen LogP contribution in [-0.4, -0.2) is 26.4 Å². The molecule has 4 bridgehead atoms. The van der Waals surface area contributed by atoms with Gasteiger partial charge in [0.1, 0.15) is 0 Å². The molecule has 4 aliphatic rings. The zero-order chi connectivity index (χ0) is 18.4. The zero-order valence-electron chi connectivity index (χ0n) is 14.9. The van der Waals surface area contributed by atoms with E-state index >= 15 is 0 Å². The van der Waals surface area contributed by atoms with E-state index in [0.29, 0.717) is 5.56 Å². The Morgan fingerprint density at radius 1 is 1.15 bits per heavy atom. The van der Waals surface area contributed by atoms with Gasteiger partial charge in [-0.05, 0) is 74.5 Å². The Morgan fingerprint density at radius 2 is 1.77 bits per heavy atom. The first-order chi connectivity index (χ1) is 12.4. The van der Waals surface area contributed by atoms with E-state index in [1.807, 2.05) is 0 Å². The van der Waals surface area contributed by atoms with E-state index in [0.717, 1.165) is 37.0 Å². The second kappa shape index (κ2) is 6.50. The van der Waals surface area contributed by atoms with E-state index in [-0.39, 0.29) is 22.9 Å². The number of hydrogen-bond donors (Lipinski definition) is 2. The van der Waals surface area contributed by atoms with Crippen molar-refractivity contribution in [2.45, 2.75) is 49.0 Å². The molecule has 0 spiro atoms. The van der Waals surface area contributed by atoms with Crippen LogP contribution in [0, 0.1) is 17.8 Å². The molecule has 4 saturated carbocycles. The fraction of sp³-hybridized carbons (Fsp3) is 0.550. The number of carbonyl (C=O) groups excluding carboxylic acids is 1. The maximum absolute atomic E-state index is 12.9. The summed E-state index contributed by atoms with van der Waals surface area (Å²) in [5, 5.41) is 3.29. The standard InChI is InChI=1S/C20H26N2O3S/c1-2-6-21-26(24,25)18-5-3-4-17(10-18)19(23)22-20-11-14-7-15(12-20)9-16(8-14)13-20/h2-5,10,14-16,21H,1,6-9,11-13H2,(H,22,23). The maximum Gasteiger partial charge on any atom is 0.251 e. The van der Waals surface area contributed by atoms with E-state index in [2.05, 4.69) is 16.6 Å². The summed E-state index contributed by atoms with van der Waals surface area (Å²) in [6, 6.07) is 6.27. The fourth-order valence-corrected chi connectivity index (χ4v) is 6.68. The van der Waals surface area contributed by atoms with Gasteiger partial charge >= 0.3 is 0 Å².